The number of fused-ring (bicyclic) bond motifs is 1. The number of hydrogen-bond donors (Lipinski definition) is 3. The van der Waals surface area contributed by atoms with Crippen molar-refractivity contribution in [3.8, 4) is 11.5 Å². The van der Waals surface area contributed by atoms with Crippen molar-refractivity contribution in [1.29, 1.82) is 0 Å². The van der Waals surface area contributed by atoms with Crippen LogP contribution < -0.4 is 25.4 Å². The SMILES string of the molecule is COc1ccc(NC(=O)CCCCC2SCC3NC(=O)NC32)c(OC)c1. The predicted octanol–water partition coefficient (Wildman–Crippen LogP) is 2.37. The summed E-state index contributed by atoms with van der Waals surface area (Å²) in [5, 5.41) is 9.27. The normalized spacial score (nSPS) is 23.8. The summed E-state index contributed by atoms with van der Waals surface area (Å²) in [6, 6.07) is 5.73. The summed E-state index contributed by atoms with van der Waals surface area (Å²) in [4.78, 5) is 23.6. The Labute approximate surface area is 157 Å². The zero-order valence-corrected chi connectivity index (χ0v) is 15.9. The van der Waals surface area contributed by atoms with Crippen LogP contribution in [0.25, 0.3) is 0 Å². The molecule has 3 atom stereocenters. The van der Waals surface area contributed by atoms with Crippen LogP contribution in [-0.4, -0.2) is 49.2 Å². The van der Waals surface area contributed by atoms with E-state index in [4.69, 9.17) is 9.47 Å². The molecule has 0 aliphatic carbocycles. The molecule has 3 rings (SSSR count). The molecule has 8 heteroatoms. The summed E-state index contributed by atoms with van der Waals surface area (Å²) in [5.41, 5.74) is 0.646. The fraction of sp³-hybridized carbons (Fsp3) is 0.556. The van der Waals surface area contributed by atoms with E-state index < -0.39 is 0 Å². The topological polar surface area (TPSA) is 88.7 Å². The molecule has 2 saturated heterocycles. The molecule has 2 heterocycles. The predicted molar refractivity (Wildman–Crippen MR) is 102 cm³/mol. The smallest absolute Gasteiger partial charge is 0.315 e. The Morgan fingerprint density at radius 1 is 1.27 bits per heavy atom. The van der Waals surface area contributed by atoms with Crippen LogP contribution in [0.3, 0.4) is 0 Å². The highest BCUT2D eigenvalue weighted by atomic mass is 32.2. The standard InChI is InChI=1S/C18H25N3O4S/c1-24-11-7-8-12(14(9-11)25-2)19-16(22)6-4-3-5-15-17-13(10-26-15)20-18(23)21-17/h7-9,13,15,17H,3-6,10H2,1-2H3,(H,19,22)(H2,20,21,23). The Kier molecular flexibility index (Phi) is 6.13. The van der Waals surface area contributed by atoms with E-state index in [0.717, 1.165) is 25.0 Å². The van der Waals surface area contributed by atoms with Crippen LogP contribution in [0.1, 0.15) is 25.7 Å². The highest BCUT2D eigenvalue weighted by Crippen LogP contribution is 2.33. The number of unbranched alkanes of at least 4 members (excludes halogenated alkanes) is 1. The number of carbonyl (C=O) groups excluding carboxylic acids is 2. The third-order valence-corrected chi connectivity index (χ3v) is 6.27. The van der Waals surface area contributed by atoms with Crippen LogP contribution in [0.4, 0.5) is 10.5 Å². The van der Waals surface area contributed by atoms with Crippen molar-refractivity contribution >= 4 is 29.4 Å². The van der Waals surface area contributed by atoms with Gasteiger partial charge in [-0.05, 0) is 25.0 Å². The first kappa shape index (κ1) is 18.7. The van der Waals surface area contributed by atoms with E-state index in [9.17, 15) is 9.59 Å². The van der Waals surface area contributed by atoms with Gasteiger partial charge in [-0.2, -0.15) is 11.8 Å². The molecule has 3 unspecified atom stereocenters. The van der Waals surface area contributed by atoms with E-state index in [2.05, 4.69) is 16.0 Å². The number of amides is 3. The van der Waals surface area contributed by atoms with Gasteiger partial charge in [-0.1, -0.05) is 6.42 Å². The third kappa shape index (κ3) is 4.35. The van der Waals surface area contributed by atoms with Crippen molar-refractivity contribution in [3.05, 3.63) is 18.2 Å². The summed E-state index contributed by atoms with van der Waals surface area (Å²) < 4.78 is 10.4. The lowest BCUT2D eigenvalue weighted by Crippen LogP contribution is -2.36. The van der Waals surface area contributed by atoms with Crippen LogP contribution in [0.2, 0.25) is 0 Å². The Balaban J connectivity index is 1.40. The highest BCUT2D eigenvalue weighted by molar-refractivity contribution is 8.00. The van der Waals surface area contributed by atoms with Gasteiger partial charge in [-0.3, -0.25) is 4.79 Å². The molecular formula is C18H25N3O4S. The van der Waals surface area contributed by atoms with Gasteiger partial charge in [-0.25, -0.2) is 4.79 Å². The number of benzene rings is 1. The van der Waals surface area contributed by atoms with Gasteiger partial charge in [0.2, 0.25) is 5.91 Å². The Morgan fingerprint density at radius 3 is 2.88 bits per heavy atom. The maximum atomic E-state index is 12.2. The minimum Gasteiger partial charge on any atom is -0.497 e. The zero-order valence-electron chi connectivity index (χ0n) is 15.0. The summed E-state index contributed by atoms with van der Waals surface area (Å²) in [6.07, 6.45) is 3.25. The number of thioether (sulfide) groups is 1. The average molecular weight is 379 g/mol. The number of carbonyl (C=O) groups is 2. The number of anilines is 1. The Morgan fingerprint density at radius 2 is 2.12 bits per heavy atom. The summed E-state index contributed by atoms with van der Waals surface area (Å²) >= 11 is 1.90. The lowest BCUT2D eigenvalue weighted by molar-refractivity contribution is -0.116. The lowest BCUT2D eigenvalue weighted by atomic mass is 10.0. The third-order valence-electron chi connectivity index (χ3n) is 4.76. The van der Waals surface area contributed by atoms with Crippen molar-refractivity contribution in [2.45, 2.75) is 43.0 Å². The van der Waals surface area contributed by atoms with Crippen molar-refractivity contribution in [2.24, 2.45) is 0 Å². The molecule has 2 aliphatic heterocycles. The van der Waals surface area contributed by atoms with Crippen LogP contribution >= 0.6 is 11.8 Å². The first-order chi connectivity index (χ1) is 12.6. The molecule has 142 valence electrons. The molecule has 0 bridgehead atoms. The van der Waals surface area contributed by atoms with Crippen molar-refractivity contribution in [3.63, 3.8) is 0 Å². The van der Waals surface area contributed by atoms with Gasteiger partial charge in [0.1, 0.15) is 11.5 Å². The second-order valence-corrected chi connectivity index (χ2v) is 7.75. The molecule has 26 heavy (non-hydrogen) atoms. The highest BCUT2D eigenvalue weighted by Gasteiger charge is 2.42. The fourth-order valence-electron chi connectivity index (χ4n) is 3.39. The van der Waals surface area contributed by atoms with Crippen molar-refractivity contribution in [2.75, 3.05) is 25.3 Å². The molecule has 1 aromatic carbocycles. The molecule has 3 N–H and O–H groups in total. The number of rotatable bonds is 8. The van der Waals surface area contributed by atoms with Gasteiger partial charge in [0.25, 0.3) is 0 Å². The van der Waals surface area contributed by atoms with Gasteiger partial charge >= 0.3 is 6.03 Å². The second kappa shape index (κ2) is 8.53. The first-order valence-electron chi connectivity index (χ1n) is 8.81. The van der Waals surface area contributed by atoms with Gasteiger partial charge in [-0.15, -0.1) is 0 Å². The molecule has 7 nitrogen and oxygen atoms in total. The number of nitrogens with one attached hydrogen (secondary N) is 3. The number of hydrogen-bond acceptors (Lipinski definition) is 5. The van der Waals surface area contributed by atoms with E-state index in [-0.39, 0.29) is 24.0 Å². The summed E-state index contributed by atoms with van der Waals surface area (Å²) in [5.74, 6) is 2.20. The van der Waals surface area contributed by atoms with Crippen LogP contribution in [0, 0.1) is 0 Å². The number of ether oxygens (including phenoxy) is 2. The lowest BCUT2D eigenvalue weighted by Gasteiger charge is -2.16. The molecule has 3 amide bonds. The van der Waals surface area contributed by atoms with E-state index in [1.807, 2.05) is 11.8 Å². The minimum atomic E-state index is -0.0573. The number of urea groups is 1. The maximum Gasteiger partial charge on any atom is 0.315 e. The molecule has 0 radical (unpaired) electrons. The summed E-state index contributed by atoms with van der Waals surface area (Å²) in [6.45, 7) is 0. The van der Waals surface area contributed by atoms with Gasteiger partial charge in [0.05, 0.1) is 32.0 Å². The maximum absolute atomic E-state index is 12.2. The van der Waals surface area contributed by atoms with E-state index >= 15 is 0 Å². The first-order valence-corrected chi connectivity index (χ1v) is 9.86. The quantitative estimate of drug-likeness (QED) is 0.477. The van der Waals surface area contributed by atoms with Gasteiger partial charge in [0.15, 0.2) is 0 Å². The minimum absolute atomic E-state index is 0.0266. The average Bonchev–Trinajstić information content (AvgIpc) is 3.18. The molecule has 0 aromatic heterocycles. The summed E-state index contributed by atoms with van der Waals surface area (Å²) in [7, 11) is 3.15. The second-order valence-electron chi connectivity index (χ2n) is 6.48. The number of methoxy groups -OCH3 is 2. The van der Waals surface area contributed by atoms with Gasteiger partial charge < -0.3 is 25.4 Å². The van der Waals surface area contributed by atoms with E-state index in [1.54, 1.807) is 32.4 Å². The molecule has 2 fully saturated rings. The Bertz CT molecular complexity index is 670. The molecule has 2 aliphatic rings. The molecule has 0 spiro atoms. The molecule has 1 aromatic rings. The molecular weight excluding hydrogens is 354 g/mol. The monoisotopic (exact) mass is 379 g/mol. The van der Waals surface area contributed by atoms with E-state index in [1.165, 1.54) is 0 Å². The van der Waals surface area contributed by atoms with Crippen molar-refractivity contribution < 1.29 is 19.1 Å². The van der Waals surface area contributed by atoms with Gasteiger partial charge in [0, 0.05) is 23.5 Å². The van der Waals surface area contributed by atoms with E-state index in [0.29, 0.717) is 28.9 Å². The molecule has 0 saturated carbocycles. The zero-order chi connectivity index (χ0) is 18.5. The largest absolute Gasteiger partial charge is 0.497 e. The van der Waals surface area contributed by atoms with Crippen molar-refractivity contribution in [1.82, 2.24) is 10.6 Å². The Hall–Kier alpha value is -2.09. The van der Waals surface area contributed by atoms with Crippen LogP contribution in [0.15, 0.2) is 18.2 Å². The fourth-order valence-corrected chi connectivity index (χ4v) is 4.93. The van der Waals surface area contributed by atoms with Crippen LogP contribution in [0.5, 0.6) is 11.5 Å². The van der Waals surface area contributed by atoms with Crippen LogP contribution in [-0.2, 0) is 4.79 Å².